The zero-order valence-electron chi connectivity index (χ0n) is 11.5. The molecule has 3 rings (SSSR count). The number of amides is 1. The van der Waals surface area contributed by atoms with Gasteiger partial charge < -0.3 is 14.5 Å². The Hall–Kier alpha value is -2.64. The standard InChI is InChI=1S/C13H15N5O3/c1-17-5-4-14-10(17)7-18(8-2-3-8)12(20)9-6-11(19)16-13(21)15-9/h4-6,8H,2-3,7H2,1H3,(H2,15,16,19,21). The molecule has 0 atom stereocenters. The van der Waals surface area contributed by atoms with Crippen LogP contribution in [0.25, 0.3) is 0 Å². The molecule has 1 aliphatic rings. The van der Waals surface area contributed by atoms with E-state index in [4.69, 9.17) is 0 Å². The molecule has 0 radical (unpaired) electrons. The zero-order chi connectivity index (χ0) is 15.0. The SMILES string of the molecule is Cn1ccnc1CN(C(=O)c1cc(=O)[nH]c(=O)[nH]1)C1CC1. The van der Waals surface area contributed by atoms with E-state index < -0.39 is 11.2 Å². The van der Waals surface area contributed by atoms with Crippen LogP contribution in [-0.4, -0.2) is 36.4 Å². The minimum atomic E-state index is -0.682. The van der Waals surface area contributed by atoms with Gasteiger partial charge in [0.05, 0.1) is 6.54 Å². The van der Waals surface area contributed by atoms with Gasteiger partial charge in [0.1, 0.15) is 11.5 Å². The van der Waals surface area contributed by atoms with Gasteiger partial charge in [-0.1, -0.05) is 0 Å². The lowest BCUT2D eigenvalue weighted by molar-refractivity contribution is 0.0717. The lowest BCUT2D eigenvalue weighted by atomic mass is 10.3. The molecular weight excluding hydrogens is 274 g/mol. The number of rotatable bonds is 4. The molecule has 0 saturated heterocycles. The Morgan fingerprint density at radius 3 is 2.76 bits per heavy atom. The van der Waals surface area contributed by atoms with Crippen LogP contribution in [-0.2, 0) is 13.6 Å². The van der Waals surface area contributed by atoms with Crippen LogP contribution in [0.4, 0.5) is 0 Å². The third kappa shape index (κ3) is 2.78. The molecule has 1 fully saturated rings. The second-order valence-electron chi connectivity index (χ2n) is 5.12. The van der Waals surface area contributed by atoms with Crippen molar-refractivity contribution in [1.29, 1.82) is 0 Å². The van der Waals surface area contributed by atoms with Crippen LogP contribution in [0.2, 0.25) is 0 Å². The van der Waals surface area contributed by atoms with E-state index in [1.807, 2.05) is 11.6 Å². The molecule has 8 nitrogen and oxygen atoms in total. The minimum absolute atomic E-state index is 0.00450. The van der Waals surface area contributed by atoms with Crippen molar-refractivity contribution >= 4 is 5.91 Å². The van der Waals surface area contributed by atoms with Gasteiger partial charge in [0, 0.05) is 31.5 Å². The fourth-order valence-corrected chi connectivity index (χ4v) is 2.19. The van der Waals surface area contributed by atoms with Crippen molar-refractivity contribution in [1.82, 2.24) is 24.4 Å². The molecule has 1 amide bonds. The highest BCUT2D eigenvalue weighted by atomic mass is 16.2. The quantitative estimate of drug-likeness (QED) is 0.799. The molecule has 0 spiro atoms. The summed E-state index contributed by atoms with van der Waals surface area (Å²) in [4.78, 5) is 45.4. The summed E-state index contributed by atoms with van der Waals surface area (Å²) in [7, 11) is 1.85. The van der Waals surface area contributed by atoms with E-state index in [-0.39, 0.29) is 17.6 Å². The summed E-state index contributed by atoms with van der Waals surface area (Å²) < 4.78 is 1.84. The first-order valence-corrected chi connectivity index (χ1v) is 6.65. The highest BCUT2D eigenvalue weighted by Gasteiger charge is 2.34. The summed E-state index contributed by atoms with van der Waals surface area (Å²) in [5.41, 5.74) is -1.27. The van der Waals surface area contributed by atoms with Gasteiger partial charge >= 0.3 is 5.69 Å². The van der Waals surface area contributed by atoms with Gasteiger partial charge in [0.15, 0.2) is 0 Å². The first-order valence-electron chi connectivity index (χ1n) is 6.65. The lowest BCUT2D eigenvalue weighted by Gasteiger charge is -2.21. The van der Waals surface area contributed by atoms with E-state index in [0.717, 1.165) is 24.7 Å². The zero-order valence-corrected chi connectivity index (χ0v) is 11.5. The maximum Gasteiger partial charge on any atom is 0.326 e. The Bertz CT molecular complexity index is 755. The number of carbonyl (C=O) groups excluding carboxylic acids is 1. The van der Waals surface area contributed by atoms with Gasteiger partial charge in [0.25, 0.3) is 11.5 Å². The number of imidazole rings is 1. The van der Waals surface area contributed by atoms with Crippen LogP contribution in [0.1, 0.15) is 29.2 Å². The van der Waals surface area contributed by atoms with Crippen molar-refractivity contribution in [3.05, 3.63) is 50.8 Å². The summed E-state index contributed by atoms with van der Waals surface area (Å²) in [5, 5.41) is 0. The normalized spacial score (nSPS) is 14.1. The van der Waals surface area contributed by atoms with E-state index in [1.165, 1.54) is 0 Å². The molecule has 2 aromatic heterocycles. The topological polar surface area (TPSA) is 104 Å². The number of nitrogens with zero attached hydrogens (tertiary/aromatic N) is 3. The van der Waals surface area contributed by atoms with Gasteiger partial charge in [-0.15, -0.1) is 0 Å². The average molecular weight is 289 g/mol. The Balaban J connectivity index is 1.90. The number of hydrogen-bond donors (Lipinski definition) is 2. The van der Waals surface area contributed by atoms with Crippen LogP contribution >= 0.6 is 0 Å². The summed E-state index contributed by atoms with van der Waals surface area (Å²) in [5.74, 6) is 0.395. The predicted octanol–water partition coefficient (Wildman–Crippen LogP) is -0.398. The second kappa shape index (κ2) is 5.04. The fraction of sp³-hybridized carbons (Fsp3) is 0.385. The van der Waals surface area contributed by atoms with Gasteiger partial charge in [-0.25, -0.2) is 9.78 Å². The lowest BCUT2D eigenvalue weighted by Crippen LogP contribution is -2.36. The van der Waals surface area contributed by atoms with Crippen molar-refractivity contribution in [2.24, 2.45) is 7.05 Å². The van der Waals surface area contributed by atoms with Gasteiger partial charge in [0.2, 0.25) is 0 Å². The summed E-state index contributed by atoms with van der Waals surface area (Å²) in [6, 6.07) is 1.24. The van der Waals surface area contributed by atoms with Crippen molar-refractivity contribution in [3.63, 3.8) is 0 Å². The molecule has 0 unspecified atom stereocenters. The molecule has 1 aliphatic carbocycles. The van der Waals surface area contributed by atoms with Gasteiger partial charge in [-0.3, -0.25) is 14.6 Å². The largest absolute Gasteiger partial charge is 0.337 e. The number of nitrogens with one attached hydrogen (secondary N) is 2. The molecule has 110 valence electrons. The van der Waals surface area contributed by atoms with Crippen molar-refractivity contribution in [2.75, 3.05) is 0 Å². The molecular formula is C13H15N5O3. The smallest absolute Gasteiger partial charge is 0.326 e. The van der Waals surface area contributed by atoms with Crippen LogP contribution in [0.5, 0.6) is 0 Å². The first-order chi connectivity index (χ1) is 10.0. The Labute approximate surface area is 119 Å². The minimum Gasteiger partial charge on any atom is -0.337 e. The monoisotopic (exact) mass is 289 g/mol. The molecule has 1 saturated carbocycles. The van der Waals surface area contributed by atoms with Gasteiger partial charge in [-0.2, -0.15) is 0 Å². The summed E-state index contributed by atoms with van der Waals surface area (Å²) >= 11 is 0. The molecule has 8 heteroatoms. The Kier molecular flexibility index (Phi) is 3.20. The number of aryl methyl sites for hydroxylation is 1. The molecule has 0 aromatic carbocycles. The Morgan fingerprint density at radius 1 is 1.43 bits per heavy atom. The third-order valence-corrected chi connectivity index (χ3v) is 3.47. The highest BCUT2D eigenvalue weighted by Crippen LogP contribution is 2.29. The van der Waals surface area contributed by atoms with Crippen LogP contribution in [0.3, 0.4) is 0 Å². The van der Waals surface area contributed by atoms with E-state index in [2.05, 4.69) is 15.0 Å². The third-order valence-electron chi connectivity index (χ3n) is 3.47. The van der Waals surface area contributed by atoms with E-state index in [1.54, 1.807) is 17.3 Å². The molecule has 2 heterocycles. The van der Waals surface area contributed by atoms with Crippen molar-refractivity contribution < 1.29 is 4.79 Å². The van der Waals surface area contributed by atoms with E-state index in [0.29, 0.717) is 6.54 Å². The number of hydrogen-bond acceptors (Lipinski definition) is 4. The fourth-order valence-electron chi connectivity index (χ4n) is 2.19. The van der Waals surface area contributed by atoms with Crippen molar-refractivity contribution in [2.45, 2.75) is 25.4 Å². The average Bonchev–Trinajstić information content (AvgIpc) is 3.18. The molecule has 0 aliphatic heterocycles. The van der Waals surface area contributed by atoms with E-state index in [9.17, 15) is 14.4 Å². The van der Waals surface area contributed by atoms with Crippen molar-refractivity contribution in [3.8, 4) is 0 Å². The number of carbonyl (C=O) groups is 1. The van der Waals surface area contributed by atoms with Crippen LogP contribution < -0.4 is 11.2 Å². The maximum atomic E-state index is 12.5. The van der Waals surface area contributed by atoms with Crippen LogP contribution in [0, 0.1) is 0 Å². The highest BCUT2D eigenvalue weighted by molar-refractivity contribution is 5.92. The predicted molar refractivity (Wildman–Crippen MR) is 73.8 cm³/mol. The van der Waals surface area contributed by atoms with Gasteiger partial charge in [-0.05, 0) is 12.8 Å². The van der Waals surface area contributed by atoms with Crippen LogP contribution in [0.15, 0.2) is 28.0 Å². The molecule has 0 bridgehead atoms. The second-order valence-corrected chi connectivity index (χ2v) is 5.12. The number of H-pyrrole nitrogens is 2. The molecule has 2 aromatic rings. The summed E-state index contributed by atoms with van der Waals surface area (Å²) in [6.45, 7) is 0.349. The summed E-state index contributed by atoms with van der Waals surface area (Å²) in [6.07, 6.45) is 5.31. The van der Waals surface area contributed by atoms with E-state index >= 15 is 0 Å². The molecule has 2 N–H and O–H groups in total. The number of aromatic nitrogens is 4. The first kappa shape index (κ1) is 13.3. The maximum absolute atomic E-state index is 12.5. The number of aromatic amines is 2. The Morgan fingerprint density at radius 2 is 2.19 bits per heavy atom. The molecule has 21 heavy (non-hydrogen) atoms.